The molecule has 2 nitrogen and oxygen atoms in total. The summed E-state index contributed by atoms with van der Waals surface area (Å²) >= 11 is 1.78. The highest BCUT2D eigenvalue weighted by Crippen LogP contribution is 2.32. The summed E-state index contributed by atoms with van der Waals surface area (Å²) in [6.45, 7) is 1.79. The topological polar surface area (TPSA) is 24.9 Å². The first-order valence-corrected chi connectivity index (χ1v) is 7.92. The monoisotopic (exact) mass is 290 g/mol. The first-order valence-electron chi connectivity index (χ1n) is 7.11. The smallest absolute Gasteiger partial charge is 0.126 e. The number of fused-ring (bicyclic) bond motifs is 1. The van der Waals surface area contributed by atoms with Gasteiger partial charge in [-0.15, -0.1) is 11.3 Å². The van der Waals surface area contributed by atoms with Gasteiger partial charge in [0.1, 0.15) is 10.8 Å². The van der Waals surface area contributed by atoms with E-state index in [0.29, 0.717) is 5.56 Å². The highest BCUT2D eigenvalue weighted by molar-refractivity contribution is 7.11. The molecule has 1 heterocycles. The molecular formula is C16H19FN2S. The molecule has 0 fully saturated rings. The Kier molecular flexibility index (Phi) is 3.85. The highest BCUT2D eigenvalue weighted by atomic mass is 32.1. The lowest BCUT2D eigenvalue weighted by atomic mass is 10.0. The second-order valence-electron chi connectivity index (χ2n) is 5.36. The van der Waals surface area contributed by atoms with Crippen LogP contribution in [0.5, 0.6) is 0 Å². The third-order valence-electron chi connectivity index (χ3n) is 3.93. The Morgan fingerprint density at radius 1 is 1.30 bits per heavy atom. The molecule has 1 aromatic carbocycles. The van der Waals surface area contributed by atoms with Gasteiger partial charge in [-0.25, -0.2) is 9.37 Å². The van der Waals surface area contributed by atoms with Gasteiger partial charge < -0.3 is 5.32 Å². The Morgan fingerprint density at radius 2 is 2.10 bits per heavy atom. The van der Waals surface area contributed by atoms with E-state index in [1.807, 2.05) is 19.2 Å². The lowest BCUT2D eigenvalue weighted by Gasteiger charge is -2.14. The molecule has 4 heteroatoms. The van der Waals surface area contributed by atoms with Gasteiger partial charge in [0.25, 0.3) is 0 Å². The van der Waals surface area contributed by atoms with Gasteiger partial charge in [-0.1, -0.05) is 12.1 Å². The Morgan fingerprint density at radius 3 is 2.80 bits per heavy atom. The Balaban J connectivity index is 1.96. The average Bonchev–Trinajstić information content (AvgIpc) is 2.87. The number of hydrogen-bond acceptors (Lipinski definition) is 3. The lowest BCUT2D eigenvalue weighted by molar-refractivity contribution is 0.607. The summed E-state index contributed by atoms with van der Waals surface area (Å²) in [7, 11) is 1.91. The summed E-state index contributed by atoms with van der Waals surface area (Å²) in [5.41, 5.74) is 2.88. The van der Waals surface area contributed by atoms with Crippen LogP contribution in [0.4, 0.5) is 4.39 Å². The minimum atomic E-state index is -0.149. The van der Waals surface area contributed by atoms with Gasteiger partial charge >= 0.3 is 0 Å². The number of hydrogen-bond donors (Lipinski definition) is 1. The first kappa shape index (κ1) is 13.7. The zero-order chi connectivity index (χ0) is 14.1. The van der Waals surface area contributed by atoms with Gasteiger partial charge in [-0.3, -0.25) is 0 Å². The van der Waals surface area contributed by atoms with Crippen molar-refractivity contribution in [3.8, 4) is 0 Å². The molecule has 0 bridgehead atoms. The zero-order valence-corrected chi connectivity index (χ0v) is 12.7. The van der Waals surface area contributed by atoms with Crippen LogP contribution in [0, 0.1) is 12.7 Å². The number of nitrogens with zero attached hydrogens (tertiary/aromatic N) is 1. The largest absolute Gasteiger partial charge is 0.307 e. The number of thiazole rings is 1. The van der Waals surface area contributed by atoms with E-state index >= 15 is 0 Å². The molecule has 1 aliphatic rings. The average molecular weight is 290 g/mol. The summed E-state index contributed by atoms with van der Waals surface area (Å²) in [6.07, 6.45) is 4.73. The Labute approximate surface area is 123 Å². The van der Waals surface area contributed by atoms with E-state index in [9.17, 15) is 4.39 Å². The molecule has 1 N–H and O–H groups in total. The SMILES string of the molecule is CNC(c1ccc(C)c(F)c1)c1nc2c(s1)CCCC2. The second kappa shape index (κ2) is 5.62. The van der Waals surface area contributed by atoms with Crippen LogP contribution < -0.4 is 5.32 Å². The molecule has 1 aliphatic carbocycles. The molecule has 0 aliphatic heterocycles. The minimum Gasteiger partial charge on any atom is -0.307 e. The molecule has 0 saturated carbocycles. The molecule has 20 heavy (non-hydrogen) atoms. The van der Waals surface area contributed by atoms with Crippen molar-refractivity contribution in [1.29, 1.82) is 0 Å². The first-order chi connectivity index (χ1) is 9.69. The summed E-state index contributed by atoms with van der Waals surface area (Å²) in [6, 6.07) is 5.43. The fraction of sp³-hybridized carbons (Fsp3) is 0.438. The van der Waals surface area contributed by atoms with Gasteiger partial charge in [-0.2, -0.15) is 0 Å². The summed E-state index contributed by atoms with van der Waals surface area (Å²) < 4.78 is 13.8. The predicted molar refractivity (Wildman–Crippen MR) is 80.8 cm³/mol. The van der Waals surface area contributed by atoms with Crippen LogP contribution >= 0.6 is 11.3 Å². The zero-order valence-electron chi connectivity index (χ0n) is 11.9. The molecule has 2 aromatic rings. The van der Waals surface area contributed by atoms with Crippen LogP contribution in [-0.4, -0.2) is 12.0 Å². The van der Waals surface area contributed by atoms with E-state index in [1.54, 1.807) is 24.3 Å². The van der Waals surface area contributed by atoms with Crippen molar-refractivity contribution in [1.82, 2.24) is 10.3 Å². The van der Waals surface area contributed by atoms with Crippen LogP contribution in [0.15, 0.2) is 18.2 Å². The number of aryl methyl sites for hydroxylation is 3. The van der Waals surface area contributed by atoms with E-state index < -0.39 is 0 Å². The Hall–Kier alpha value is -1.26. The number of nitrogens with one attached hydrogen (secondary N) is 1. The van der Waals surface area contributed by atoms with Gasteiger partial charge in [0.15, 0.2) is 0 Å². The predicted octanol–water partition coefficient (Wildman–Crippen LogP) is 3.78. The van der Waals surface area contributed by atoms with Crippen LogP contribution in [-0.2, 0) is 12.8 Å². The van der Waals surface area contributed by atoms with Gasteiger partial charge in [0.2, 0.25) is 0 Å². The minimum absolute atomic E-state index is 0.0132. The second-order valence-corrected chi connectivity index (χ2v) is 6.47. The van der Waals surface area contributed by atoms with Crippen molar-refractivity contribution in [3.63, 3.8) is 0 Å². The van der Waals surface area contributed by atoms with E-state index in [2.05, 4.69) is 5.32 Å². The molecule has 0 radical (unpaired) electrons. The molecule has 1 atom stereocenters. The van der Waals surface area contributed by atoms with Crippen LogP contribution in [0.2, 0.25) is 0 Å². The molecule has 3 rings (SSSR count). The fourth-order valence-corrected chi connectivity index (χ4v) is 4.01. The third kappa shape index (κ3) is 2.50. The summed E-state index contributed by atoms with van der Waals surface area (Å²) in [4.78, 5) is 6.20. The third-order valence-corrected chi connectivity index (χ3v) is 5.15. The number of rotatable bonds is 3. The fourth-order valence-electron chi connectivity index (χ4n) is 2.72. The molecule has 1 aromatic heterocycles. The van der Waals surface area contributed by atoms with Crippen molar-refractivity contribution in [2.75, 3.05) is 7.05 Å². The molecule has 0 spiro atoms. The van der Waals surface area contributed by atoms with Gasteiger partial charge in [-0.05, 0) is 56.8 Å². The lowest BCUT2D eigenvalue weighted by Crippen LogP contribution is -2.17. The Bertz CT molecular complexity index is 597. The van der Waals surface area contributed by atoms with Crippen molar-refractivity contribution in [2.45, 2.75) is 38.6 Å². The maximum absolute atomic E-state index is 13.8. The highest BCUT2D eigenvalue weighted by Gasteiger charge is 2.21. The number of halogens is 1. The molecule has 0 saturated heterocycles. The van der Waals surface area contributed by atoms with E-state index in [4.69, 9.17) is 4.98 Å². The van der Waals surface area contributed by atoms with Crippen LogP contribution in [0.1, 0.15) is 45.6 Å². The quantitative estimate of drug-likeness (QED) is 0.930. The van der Waals surface area contributed by atoms with Crippen LogP contribution in [0.25, 0.3) is 0 Å². The molecule has 0 amide bonds. The van der Waals surface area contributed by atoms with Crippen molar-refractivity contribution < 1.29 is 4.39 Å². The maximum atomic E-state index is 13.8. The van der Waals surface area contributed by atoms with Crippen molar-refractivity contribution in [2.24, 2.45) is 0 Å². The normalized spacial score (nSPS) is 15.9. The standard InChI is InChI=1S/C16H19FN2S/c1-10-7-8-11(9-12(10)17)15(18-2)16-19-13-5-3-4-6-14(13)20-16/h7-9,15,18H,3-6H2,1-2H3. The molecule has 1 unspecified atom stereocenters. The molecular weight excluding hydrogens is 271 g/mol. The van der Waals surface area contributed by atoms with E-state index in [0.717, 1.165) is 23.4 Å². The van der Waals surface area contributed by atoms with Gasteiger partial charge in [0.05, 0.1) is 11.7 Å². The molecule has 106 valence electrons. The summed E-state index contributed by atoms with van der Waals surface area (Å²) in [5, 5.41) is 4.33. The number of benzene rings is 1. The maximum Gasteiger partial charge on any atom is 0.126 e. The van der Waals surface area contributed by atoms with Crippen molar-refractivity contribution in [3.05, 3.63) is 50.7 Å². The summed E-state index contributed by atoms with van der Waals surface area (Å²) in [5.74, 6) is -0.149. The van der Waals surface area contributed by atoms with Gasteiger partial charge in [0, 0.05) is 4.88 Å². The van der Waals surface area contributed by atoms with Crippen molar-refractivity contribution >= 4 is 11.3 Å². The van der Waals surface area contributed by atoms with E-state index in [-0.39, 0.29) is 11.9 Å². The number of aromatic nitrogens is 1. The van der Waals surface area contributed by atoms with Crippen LogP contribution in [0.3, 0.4) is 0 Å². The van der Waals surface area contributed by atoms with E-state index in [1.165, 1.54) is 23.4 Å².